The van der Waals surface area contributed by atoms with Crippen molar-refractivity contribution in [2.75, 3.05) is 6.54 Å². The number of hydrogen-bond acceptors (Lipinski definition) is 2. The van der Waals surface area contributed by atoms with E-state index in [0.29, 0.717) is 6.54 Å². The third kappa shape index (κ3) is 8.19. The maximum absolute atomic E-state index is 12.0. The van der Waals surface area contributed by atoms with E-state index in [1.807, 2.05) is 0 Å². The van der Waals surface area contributed by atoms with Gasteiger partial charge in [-0.3, -0.25) is 4.79 Å². The second-order valence-electron chi connectivity index (χ2n) is 6.25. The summed E-state index contributed by atoms with van der Waals surface area (Å²) >= 11 is 0. The minimum atomic E-state index is -0.0564. The molecule has 3 nitrogen and oxygen atoms in total. The molecule has 0 bridgehead atoms. The Labute approximate surface area is 107 Å². The Morgan fingerprint density at radius 3 is 2.35 bits per heavy atom. The lowest BCUT2D eigenvalue weighted by atomic mass is 9.84. The zero-order valence-corrected chi connectivity index (χ0v) is 12.2. The molecule has 0 fully saturated rings. The number of rotatable bonds is 7. The third-order valence-electron chi connectivity index (χ3n) is 2.89. The molecule has 0 rings (SSSR count). The van der Waals surface area contributed by atoms with Crippen molar-refractivity contribution in [1.29, 1.82) is 0 Å². The number of carbonyl (C=O) groups excluding carboxylic acids is 1. The van der Waals surface area contributed by atoms with Gasteiger partial charge in [-0.05, 0) is 25.2 Å². The lowest BCUT2D eigenvalue weighted by Crippen LogP contribution is -2.41. The quantitative estimate of drug-likeness (QED) is 0.721. The van der Waals surface area contributed by atoms with Crippen molar-refractivity contribution in [3.63, 3.8) is 0 Å². The van der Waals surface area contributed by atoms with E-state index < -0.39 is 0 Å². The predicted octanol–water partition coefficient (Wildman–Crippen LogP) is 2.69. The van der Waals surface area contributed by atoms with Gasteiger partial charge >= 0.3 is 0 Å². The Kier molecular flexibility index (Phi) is 7.44. The maximum atomic E-state index is 12.0. The summed E-state index contributed by atoms with van der Waals surface area (Å²) in [6.45, 7) is 11.1. The average molecular weight is 242 g/mol. The normalized spacial score (nSPS) is 15.4. The summed E-state index contributed by atoms with van der Waals surface area (Å²) in [6.07, 6.45) is 4.22. The summed E-state index contributed by atoms with van der Waals surface area (Å²) < 4.78 is 0. The van der Waals surface area contributed by atoms with Gasteiger partial charge in [0, 0.05) is 12.6 Å². The van der Waals surface area contributed by atoms with Gasteiger partial charge < -0.3 is 11.1 Å². The number of hydrogen-bond donors (Lipinski definition) is 2. The topological polar surface area (TPSA) is 55.1 Å². The van der Waals surface area contributed by atoms with Crippen LogP contribution in [0.15, 0.2) is 0 Å². The van der Waals surface area contributed by atoms with E-state index in [1.165, 1.54) is 6.42 Å². The zero-order chi connectivity index (χ0) is 13.5. The Bertz CT molecular complexity index is 221. The minimum Gasteiger partial charge on any atom is -0.353 e. The fourth-order valence-corrected chi connectivity index (χ4v) is 1.97. The van der Waals surface area contributed by atoms with Crippen molar-refractivity contribution in [2.24, 2.45) is 17.1 Å². The number of nitrogens with one attached hydrogen (secondary N) is 1. The summed E-state index contributed by atoms with van der Waals surface area (Å²) in [7, 11) is 0. The van der Waals surface area contributed by atoms with Crippen molar-refractivity contribution in [3.05, 3.63) is 0 Å². The minimum absolute atomic E-state index is 0.0564. The molecule has 0 aliphatic rings. The van der Waals surface area contributed by atoms with Gasteiger partial charge in [0.1, 0.15) is 0 Å². The van der Waals surface area contributed by atoms with Gasteiger partial charge in [0.25, 0.3) is 0 Å². The van der Waals surface area contributed by atoms with Gasteiger partial charge in [0.05, 0.1) is 5.92 Å². The van der Waals surface area contributed by atoms with E-state index in [-0.39, 0.29) is 23.3 Å². The van der Waals surface area contributed by atoms with Crippen LogP contribution in [0.3, 0.4) is 0 Å². The molecular formula is C14H30N2O. The molecule has 0 aliphatic heterocycles. The molecule has 0 saturated heterocycles. The van der Waals surface area contributed by atoms with E-state index in [1.54, 1.807) is 0 Å². The highest BCUT2D eigenvalue weighted by molar-refractivity contribution is 5.79. The predicted molar refractivity (Wildman–Crippen MR) is 73.7 cm³/mol. The van der Waals surface area contributed by atoms with E-state index >= 15 is 0 Å². The highest BCUT2D eigenvalue weighted by Crippen LogP contribution is 2.24. The highest BCUT2D eigenvalue weighted by Gasteiger charge is 2.24. The van der Waals surface area contributed by atoms with Crippen molar-refractivity contribution in [2.45, 2.75) is 66.3 Å². The summed E-state index contributed by atoms with van der Waals surface area (Å²) in [4.78, 5) is 12.0. The Morgan fingerprint density at radius 2 is 1.94 bits per heavy atom. The molecule has 0 aromatic carbocycles. The molecule has 3 heteroatoms. The maximum Gasteiger partial charge on any atom is 0.224 e. The SMILES string of the molecule is CCCCC(C)NC(=O)C(CN)CC(C)(C)C. The first-order chi connectivity index (χ1) is 7.80. The standard InChI is InChI=1S/C14H30N2O/c1-6-7-8-11(2)16-13(17)12(10-15)9-14(3,4)5/h11-12H,6-10,15H2,1-5H3,(H,16,17). The van der Waals surface area contributed by atoms with Crippen LogP contribution in [-0.2, 0) is 4.79 Å². The molecule has 0 radical (unpaired) electrons. The molecule has 0 aliphatic carbocycles. The van der Waals surface area contributed by atoms with Crippen LogP contribution in [0.2, 0.25) is 0 Å². The molecule has 3 N–H and O–H groups in total. The average Bonchev–Trinajstić information content (AvgIpc) is 2.21. The van der Waals surface area contributed by atoms with Gasteiger partial charge in [0.15, 0.2) is 0 Å². The highest BCUT2D eigenvalue weighted by atomic mass is 16.1. The van der Waals surface area contributed by atoms with Gasteiger partial charge in [0.2, 0.25) is 5.91 Å². The van der Waals surface area contributed by atoms with Crippen molar-refractivity contribution in [3.8, 4) is 0 Å². The van der Waals surface area contributed by atoms with Crippen LogP contribution in [0.25, 0.3) is 0 Å². The number of carbonyl (C=O) groups is 1. The van der Waals surface area contributed by atoms with Gasteiger partial charge in [-0.25, -0.2) is 0 Å². The Hall–Kier alpha value is -0.570. The van der Waals surface area contributed by atoms with E-state index in [4.69, 9.17) is 5.73 Å². The molecule has 2 atom stereocenters. The molecule has 17 heavy (non-hydrogen) atoms. The van der Waals surface area contributed by atoms with Crippen LogP contribution in [0, 0.1) is 11.3 Å². The molecule has 102 valence electrons. The second kappa shape index (κ2) is 7.70. The monoisotopic (exact) mass is 242 g/mol. The fraction of sp³-hybridized carbons (Fsp3) is 0.929. The van der Waals surface area contributed by atoms with Crippen LogP contribution in [0.1, 0.15) is 60.3 Å². The Morgan fingerprint density at radius 1 is 1.35 bits per heavy atom. The largest absolute Gasteiger partial charge is 0.353 e. The first-order valence-corrected chi connectivity index (χ1v) is 6.80. The first kappa shape index (κ1) is 16.4. The van der Waals surface area contributed by atoms with Crippen molar-refractivity contribution in [1.82, 2.24) is 5.32 Å². The number of nitrogens with two attached hydrogens (primary N) is 1. The molecule has 0 saturated carbocycles. The molecule has 1 amide bonds. The molecule has 0 spiro atoms. The van der Waals surface area contributed by atoms with Gasteiger partial charge in [-0.15, -0.1) is 0 Å². The van der Waals surface area contributed by atoms with Crippen LogP contribution in [0.5, 0.6) is 0 Å². The molecule has 0 aromatic rings. The lowest BCUT2D eigenvalue weighted by molar-refractivity contribution is -0.126. The van der Waals surface area contributed by atoms with Gasteiger partial charge in [-0.1, -0.05) is 40.5 Å². The van der Waals surface area contributed by atoms with Crippen LogP contribution in [0.4, 0.5) is 0 Å². The second-order valence-corrected chi connectivity index (χ2v) is 6.25. The number of amides is 1. The van der Waals surface area contributed by atoms with Crippen molar-refractivity contribution < 1.29 is 4.79 Å². The van der Waals surface area contributed by atoms with E-state index in [2.05, 4.69) is 39.9 Å². The van der Waals surface area contributed by atoms with Crippen molar-refractivity contribution >= 4 is 5.91 Å². The summed E-state index contributed by atoms with van der Waals surface area (Å²) in [5.74, 6) is 0.0603. The molecule has 2 unspecified atom stereocenters. The molecule has 0 heterocycles. The van der Waals surface area contributed by atoms with Gasteiger partial charge in [-0.2, -0.15) is 0 Å². The first-order valence-electron chi connectivity index (χ1n) is 6.80. The summed E-state index contributed by atoms with van der Waals surface area (Å²) in [6, 6.07) is 0.261. The summed E-state index contributed by atoms with van der Waals surface area (Å²) in [5.41, 5.74) is 5.84. The van der Waals surface area contributed by atoms with Crippen LogP contribution >= 0.6 is 0 Å². The smallest absolute Gasteiger partial charge is 0.224 e. The number of unbranched alkanes of at least 4 members (excludes halogenated alkanes) is 1. The third-order valence-corrected chi connectivity index (χ3v) is 2.89. The fourth-order valence-electron chi connectivity index (χ4n) is 1.97. The zero-order valence-electron chi connectivity index (χ0n) is 12.2. The van der Waals surface area contributed by atoms with E-state index in [9.17, 15) is 4.79 Å². The summed E-state index contributed by atoms with van der Waals surface area (Å²) in [5, 5.41) is 3.07. The molecular weight excluding hydrogens is 212 g/mol. The lowest BCUT2D eigenvalue weighted by Gasteiger charge is -2.25. The van der Waals surface area contributed by atoms with Crippen LogP contribution in [-0.4, -0.2) is 18.5 Å². The molecule has 0 aromatic heterocycles. The van der Waals surface area contributed by atoms with E-state index in [0.717, 1.165) is 19.3 Å². The van der Waals surface area contributed by atoms with Crippen LogP contribution < -0.4 is 11.1 Å². The Balaban J connectivity index is 4.16.